The summed E-state index contributed by atoms with van der Waals surface area (Å²) in [6.45, 7) is 1.98. The molecular formula is C35H29N3O4. The maximum absolute atomic E-state index is 13.4. The lowest BCUT2D eigenvalue weighted by Gasteiger charge is -2.13. The van der Waals surface area contributed by atoms with Crippen molar-refractivity contribution < 1.29 is 18.8 Å². The fourth-order valence-corrected chi connectivity index (χ4v) is 4.34. The van der Waals surface area contributed by atoms with Gasteiger partial charge in [-0.05, 0) is 73.2 Å². The molecule has 7 nitrogen and oxygen atoms in total. The Labute approximate surface area is 243 Å². The van der Waals surface area contributed by atoms with Gasteiger partial charge in [0.1, 0.15) is 11.5 Å². The van der Waals surface area contributed by atoms with Crippen molar-refractivity contribution in [1.29, 1.82) is 0 Å². The molecule has 4 N–H and O–H groups in total. The number of hydrogen-bond acceptors (Lipinski definition) is 5. The van der Waals surface area contributed by atoms with E-state index < -0.39 is 5.91 Å². The molecule has 0 aliphatic rings. The van der Waals surface area contributed by atoms with Gasteiger partial charge in [0.2, 0.25) is 11.8 Å². The summed E-state index contributed by atoms with van der Waals surface area (Å²) in [5.41, 5.74) is 10.7. The van der Waals surface area contributed by atoms with Crippen LogP contribution in [0.15, 0.2) is 120 Å². The van der Waals surface area contributed by atoms with Crippen LogP contribution in [0.3, 0.4) is 0 Å². The summed E-state index contributed by atoms with van der Waals surface area (Å²) in [6, 6.07) is 32.2. The van der Waals surface area contributed by atoms with Crippen molar-refractivity contribution in [2.24, 2.45) is 0 Å². The first kappa shape index (κ1) is 27.9. The van der Waals surface area contributed by atoms with Crippen molar-refractivity contribution in [1.82, 2.24) is 0 Å². The van der Waals surface area contributed by atoms with Crippen molar-refractivity contribution in [2.45, 2.75) is 13.3 Å². The summed E-state index contributed by atoms with van der Waals surface area (Å²) in [6.07, 6.45) is 3.07. The van der Waals surface area contributed by atoms with Crippen LogP contribution in [0.4, 0.5) is 17.1 Å². The van der Waals surface area contributed by atoms with Gasteiger partial charge in [-0.15, -0.1) is 0 Å². The standard InChI is InChI=1S/C35H29N3O4/c1-23-7-9-24(10-8-23)21-34(40)38-31-18-15-28(22-30(31)35(41)26-5-3-2-4-6-26)37-33(39)20-17-29-16-19-32(42-29)25-11-13-27(36)14-12-25/h2-20,22H,21,36H2,1H3,(H,37,39)(H,38,40)/b20-17+. The third-order valence-electron chi connectivity index (χ3n) is 6.55. The molecule has 1 aromatic heterocycles. The van der Waals surface area contributed by atoms with Crippen molar-refractivity contribution >= 4 is 40.7 Å². The Kier molecular flexibility index (Phi) is 8.40. The van der Waals surface area contributed by atoms with E-state index in [0.29, 0.717) is 34.1 Å². The van der Waals surface area contributed by atoms with E-state index in [1.54, 1.807) is 66.7 Å². The van der Waals surface area contributed by atoms with E-state index in [0.717, 1.165) is 16.7 Å². The summed E-state index contributed by atoms with van der Waals surface area (Å²) in [5.74, 6) is 0.216. The molecule has 0 aliphatic heterocycles. The van der Waals surface area contributed by atoms with Crippen molar-refractivity contribution in [3.8, 4) is 11.3 Å². The molecule has 1 heterocycles. The molecule has 0 saturated heterocycles. The molecule has 5 aromatic rings. The molecule has 0 saturated carbocycles. The van der Waals surface area contributed by atoms with Gasteiger partial charge in [-0.25, -0.2) is 0 Å². The lowest BCUT2D eigenvalue weighted by atomic mass is 10.0. The highest BCUT2D eigenvalue weighted by Gasteiger charge is 2.17. The van der Waals surface area contributed by atoms with Crippen LogP contribution in [-0.4, -0.2) is 17.6 Å². The molecule has 4 aromatic carbocycles. The Balaban J connectivity index is 1.32. The zero-order valence-electron chi connectivity index (χ0n) is 23.0. The van der Waals surface area contributed by atoms with Gasteiger partial charge in [0.15, 0.2) is 5.78 Å². The Morgan fingerprint density at radius 3 is 2.29 bits per heavy atom. The van der Waals surface area contributed by atoms with E-state index in [1.807, 2.05) is 55.5 Å². The monoisotopic (exact) mass is 555 g/mol. The summed E-state index contributed by atoms with van der Waals surface area (Å²) in [7, 11) is 0. The van der Waals surface area contributed by atoms with E-state index >= 15 is 0 Å². The van der Waals surface area contributed by atoms with Gasteiger partial charge >= 0.3 is 0 Å². The molecule has 0 fully saturated rings. The van der Waals surface area contributed by atoms with E-state index in [2.05, 4.69) is 10.6 Å². The maximum Gasteiger partial charge on any atom is 0.248 e. The maximum atomic E-state index is 13.4. The second-order valence-corrected chi connectivity index (χ2v) is 9.81. The second kappa shape index (κ2) is 12.7. The van der Waals surface area contributed by atoms with Gasteiger partial charge in [0.05, 0.1) is 12.1 Å². The number of nitrogen functional groups attached to an aromatic ring is 1. The zero-order chi connectivity index (χ0) is 29.5. The highest BCUT2D eigenvalue weighted by atomic mass is 16.3. The van der Waals surface area contributed by atoms with Crippen LogP contribution in [0, 0.1) is 6.92 Å². The van der Waals surface area contributed by atoms with Gasteiger partial charge < -0.3 is 20.8 Å². The molecule has 0 aliphatic carbocycles. The van der Waals surface area contributed by atoms with Crippen LogP contribution in [0.5, 0.6) is 0 Å². The highest BCUT2D eigenvalue weighted by molar-refractivity contribution is 6.15. The first-order chi connectivity index (χ1) is 20.3. The number of carbonyl (C=O) groups excluding carboxylic acids is 3. The van der Waals surface area contributed by atoms with Gasteiger partial charge in [-0.1, -0.05) is 60.2 Å². The molecule has 7 heteroatoms. The van der Waals surface area contributed by atoms with Gasteiger partial charge in [-0.3, -0.25) is 14.4 Å². The number of hydrogen-bond donors (Lipinski definition) is 3. The van der Waals surface area contributed by atoms with Crippen LogP contribution < -0.4 is 16.4 Å². The first-order valence-corrected chi connectivity index (χ1v) is 13.4. The zero-order valence-corrected chi connectivity index (χ0v) is 23.0. The fourth-order valence-electron chi connectivity index (χ4n) is 4.34. The van der Waals surface area contributed by atoms with Gasteiger partial charge in [0.25, 0.3) is 0 Å². The van der Waals surface area contributed by atoms with Crippen LogP contribution in [0.1, 0.15) is 32.8 Å². The fraction of sp³-hybridized carbons (Fsp3) is 0.0571. The predicted octanol–water partition coefficient (Wildman–Crippen LogP) is 6.90. The summed E-state index contributed by atoms with van der Waals surface area (Å²) in [4.78, 5) is 39.0. The molecule has 0 spiro atoms. The third kappa shape index (κ3) is 7.08. The molecule has 0 unspecified atom stereocenters. The van der Waals surface area contributed by atoms with E-state index in [9.17, 15) is 14.4 Å². The minimum atomic E-state index is -0.408. The largest absolute Gasteiger partial charge is 0.457 e. The number of carbonyl (C=O) groups is 3. The topological polar surface area (TPSA) is 114 Å². The molecular weight excluding hydrogens is 526 g/mol. The SMILES string of the molecule is Cc1ccc(CC(=O)Nc2ccc(NC(=O)/C=C/c3ccc(-c4ccc(N)cc4)o3)cc2C(=O)c2ccccc2)cc1. The summed E-state index contributed by atoms with van der Waals surface area (Å²) >= 11 is 0. The minimum absolute atomic E-state index is 0.162. The Morgan fingerprint density at radius 1 is 0.810 bits per heavy atom. The van der Waals surface area contributed by atoms with Crippen molar-refractivity contribution in [2.75, 3.05) is 16.4 Å². The molecule has 0 radical (unpaired) electrons. The number of furan rings is 1. The number of aryl methyl sites for hydroxylation is 1. The number of rotatable bonds is 9. The van der Waals surface area contributed by atoms with Crippen LogP contribution in [0.25, 0.3) is 17.4 Å². The van der Waals surface area contributed by atoms with Crippen LogP contribution in [-0.2, 0) is 16.0 Å². The number of nitrogens with one attached hydrogen (secondary N) is 2. The third-order valence-corrected chi connectivity index (χ3v) is 6.55. The lowest BCUT2D eigenvalue weighted by molar-refractivity contribution is -0.115. The quantitative estimate of drug-likeness (QED) is 0.104. The first-order valence-electron chi connectivity index (χ1n) is 13.4. The number of nitrogens with two attached hydrogens (primary N) is 1. The van der Waals surface area contributed by atoms with E-state index in [4.69, 9.17) is 10.2 Å². The summed E-state index contributed by atoms with van der Waals surface area (Å²) in [5, 5.41) is 5.65. The lowest BCUT2D eigenvalue weighted by Crippen LogP contribution is -2.18. The van der Waals surface area contributed by atoms with Gasteiger partial charge in [-0.2, -0.15) is 0 Å². The second-order valence-electron chi connectivity index (χ2n) is 9.81. The van der Waals surface area contributed by atoms with Gasteiger partial charge in [0, 0.05) is 34.1 Å². The molecule has 42 heavy (non-hydrogen) atoms. The number of amides is 2. The van der Waals surface area contributed by atoms with E-state index in [1.165, 1.54) is 6.08 Å². The van der Waals surface area contributed by atoms with Crippen LogP contribution >= 0.6 is 0 Å². The molecule has 5 rings (SSSR count). The van der Waals surface area contributed by atoms with Crippen LogP contribution in [0.2, 0.25) is 0 Å². The molecule has 2 amide bonds. The summed E-state index contributed by atoms with van der Waals surface area (Å²) < 4.78 is 5.82. The number of ketones is 1. The van der Waals surface area contributed by atoms with E-state index in [-0.39, 0.29) is 23.7 Å². The average molecular weight is 556 g/mol. The highest BCUT2D eigenvalue weighted by Crippen LogP contribution is 2.26. The Morgan fingerprint density at radius 2 is 1.55 bits per heavy atom. The Bertz CT molecular complexity index is 1750. The number of anilines is 3. The normalized spacial score (nSPS) is 10.9. The Hall–Kier alpha value is -5.69. The van der Waals surface area contributed by atoms with Crippen molar-refractivity contribution in [3.63, 3.8) is 0 Å². The number of benzene rings is 4. The van der Waals surface area contributed by atoms with Crippen molar-refractivity contribution in [3.05, 3.63) is 143 Å². The molecule has 208 valence electrons. The predicted molar refractivity (Wildman–Crippen MR) is 166 cm³/mol. The molecule has 0 atom stereocenters. The average Bonchev–Trinajstić information content (AvgIpc) is 3.48. The molecule has 0 bridgehead atoms. The minimum Gasteiger partial charge on any atom is -0.457 e. The smallest absolute Gasteiger partial charge is 0.248 e.